The highest BCUT2D eigenvalue weighted by molar-refractivity contribution is 5.38. The van der Waals surface area contributed by atoms with Crippen molar-refractivity contribution in [2.75, 3.05) is 32.8 Å². The van der Waals surface area contributed by atoms with Gasteiger partial charge in [0.1, 0.15) is 5.75 Å². The fourth-order valence-electron chi connectivity index (χ4n) is 4.50. The van der Waals surface area contributed by atoms with Crippen LogP contribution in [0.2, 0.25) is 0 Å². The highest BCUT2D eigenvalue weighted by Crippen LogP contribution is 2.36. The zero-order valence-electron chi connectivity index (χ0n) is 12.8. The van der Waals surface area contributed by atoms with Crippen LogP contribution in [0.25, 0.3) is 0 Å². The van der Waals surface area contributed by atoms with E-state index in [4.69, 9.17) is 4.74 Å². The average molecular weight is 286 g/mol. The number of rotatable bonds is 2. The Labute approximate surface area is 127 Å². The number of hydrogen-bond donors (Lipinski definition) is 1. The molecule has 3 aliphatic rings. The Bertz CT molecular complexity index is 496. The number of hydrogen-bond acceptors (Lipinski definition) is 3. The number of benzene rings is 1. The van der Waals surface area contributed by atoms with E-state index in [1.54, 1.807) is 0 Å². The number of nitrogens with zero attached hydrogens (tertiary/aromatic N) is 1. The van der Waals surface area contributed by atoms with E-state index in [9.17, 15) is 0 Å². The van der Waals surface area contributed by atoms with Gasteiger partial charge in [-0.2, -0.15) is 0 Å². The van der Waals surface area contributed by atoms with E-state index in [2.05, 4.69) is 34.5 Å². The molecule has 1 atom stereocenters. The Balaban J connectivity index is 1.46. The van der Waals surface area contributed by atoms with Crippen LogP contribution in [0.5, 0.6) is 5.75 Å². The zero-order chi connectivity index (χ0) is 14.1. The van der Waals surface area contributed by atoms with Crippen LogP contribution in [-0.4, -0.2) is 43.2 Å². The lowest BCUT2D eigenvalue weighted by atomic mass is 9.90. The second-order valence-corrected chi connectivity index (χ2v) is 7.02. The molecule has 2 fully saturated rings. The molecule has 0 bridgehead atoms. The first-order chi connectivity index (χ1) is 10.3. The Morgan fingerprint density at radius 3 is 3.00 bits per heavy atom. The summed E-state index contributed by atoms with van der Waals surface area (Å²) in [5.41, 5.74) is 1.85. The topological polar surface area (TPSA) is 24.5 Å². The molecule has 3 heteroatoms. The summed E-state index contributed by atoms with van der Waals surface area (Å²) in [5, 5.41) is 3.81. The van der Waals surface area contributed by atoms with Gasteiger partial charge in [0.15, 0.2) is 0 Å². The molecule has 21 heavy (non-hydrogen) atoms. The molecule has 1 spiro atoms. The van der Waals surface area contributed by atoms with Gasteiger partial charge in [-0.25, -0.2) is 0 Å². The van der Waals surface area contributed by atoms with Gasteiger partial charge < -0.3 is 10.1 Å². The van der Waals surface area contributed by atoms with Gasteiger partial charge in [0.2, 0.25) is 0 Å². The molecule has 1 saturated heterocycles. The third-order valence-electron chi connectivity index (χ3n) is 5.58. The molecule has 1 aromatic rings. The van der Waals surface area contributed by atoms with Crippen LogP contribution in [0.15, 0.2) is 24.3 Å². The molecule has 114 valence electrons. The molecular weight excluding hydrogens is 260 g/mol. The maximum absolute atomic E-state index is 5.81. The number of fused-ring (bicyclic) bond motifs is 1. The van der Waals surface area contributed by atoms with Gasteiger partial charge >= 0.3 is 0 Å². The van der Waals surface area contributed by atoms with Gasteiger partial charge in [-0.15, -0.1) is 0 Å². The van der Waals surface area contributed by atoms with E-state index >= 15 is 0 Å². The normalized spacial score (nSPS) is 28.3. The second kappa shape index (κ2) is 5.62. The van der Waals surface area contributed by atoms with Crippen LogP contribution in [-0.2, 0) is 0 Å². The minimum atomic E-state index is 0.433. The van der Waals surface area contributed by atoms with E-state index in [0.717, 1.165) is 25.3 Å². The summed E-state index contributed by atoms with van der Waals surface area (Å²) in [7, 11) is 0. The Morgan fingerprint density at radius 2 is 2.10 bits per heavy atom. The lowest BCUT2D eigenvalue weighted by Crippen LogP contribution is -2.59. The quantitative estimate of drug-likeness (QED) is 0.905. The van der Waals surface area contributed by atoms with Crippen molar-refractivity contribution >= 4 is 0 Å². The standard InChI is InChI=1S/C18H26N2O/c1-2-6-17-16(5-1)15(7-12-21-17)13-20-11-10-19-18(14-20)8-3-4-9-18/h1-2,5-6,15,19H,3-4,7-14H2. The predicted molar refractivity (Wildman–Crippen MR) is 84.9 cm³/mol. The van der Waals surface area contributed by atoms with Crippen LogP contribution in [0.3, 0.4) is 0 Å². The number of ether oxygens (including phenoxy) is 1. The van der Waals surface area contributed by atoms with E-state index in [0.29, 0.717) is 11.5 Å². The van der Waals surface area contributed by atoms with Gasteiger partial charge in [-0.05, 0) is 30.9 Å². The first-order valence-corrected chi connectivity index (χ1v) is 8.54. The van der Waals surface area contributed by atoms with Crippen LogP contribution in [0.1, 0.15) is 43.6 Å². The largest absolute Gasteiger partial charge is 0.493 e. The monoisotopic (exact) mass is 286 g/mol. The Kier molecular flexibility index (Phi) is 3.64. The summed E-state index contributed by atoms with van der Waals surface area (Å²) in [5.74, 6) is 1.76. The van der Waals surface area contributed by atoms with E-state index in [-0.39, 0.29) is 0 Å². The minimum Gasteiger partial charge on any atom is -0.493 e. The van der Waals surface area contributed by atoms with Crippen molar-refractivity contribution in [3.05, 3.63) is 29.8 Å². The van der Waals surface area contributed by atoms with Gasteiger partial charge in [-0.1, -0.05) is 31.0 Å². The fourth-order valence-corrected chi connectivity index (χ4v) is 4.50. The van der Waals surface area contributed by atoms with Crippen molar-refractivity contribution in [2.24, 2.45) is 0 Å². The summed E-state index contributed by atoms with van der Waals surface area (Å²) in [6.07, 6.45) is 6.71. The SMILES string of the molecule is c1ccc2c(c1)OCCC2CN1CCNC2(CCCC2)C1. The van der Waals surface area contributed by atoms with E-state index in [1.807, 2.05) is 0 Å². The molecule has 0 amide bonds. The van der Waals surface area contributed by atoms with Crippen molar-refractivity contribution < 1.29 is 4.74 Å². The van der Waals surface area contributed by atoms with Crippen LogP contribution < -0.4 is 10.1 Å². The predicted octanol–water partition coefficient (Wildman–Crippen LogP) is 2.77. The Hall–Kier alpha value is -1.06. The number of piperazine rings is 1. The molecule has 4 rings (SSSR count). The maximum Gasteiger partial charge on any atom is 0.122 e. The first kappa shape index (κ1) is 13.6. The Morgan fingerprint density at radius 1 is 1.24 bits per heavy atom. The first-order valence-electron chi connectivity index (χ1n) is 8.54. The van der Waals surface area contributed by atoms with E-state index < -0.39 is 0 Å². The van der Waals surface area contributed by atoms with Crippen molar-refractivity contribution in [2.45, 2.75) is 43.6 Å². The second-order valence-electron chi connectivity index (χ2n) is 7.02. The summed E-state index contributed by atoms with van der Waals surface area (Å²) in [4.78, 5) is 2.70. The van der Waals surface area contributed by atoms with Gasteiger partial charge in [0.05, 0.1) is 6.61 Å². The smallest absolute Gasteiger partial charge is 0.122 e. The molecule has 1 unspecified atom stereocenters. The summed E-state index contributed by atoms with van der Waals surface area (Å²) in [6, 6.07) is 8.61. The van der Waals surface area contributed by atoms with Crippen LogP contribution in [0, 0.1) is 0 Å². The molecule has 2 heterocycles. The number of nitrogens with one attached hydrogen (secondary N) is 1. The molecule has 1 aliphatic carbocycles. The van der Waals surface area contributed by atoms with Crippen molar-refractivity contribution in [3.8, 4) is 5.75 Å². The molecule has 0 radical (unpaired) electrons. The van der Waals surface area contributed by atoms with Crippen molar-refractivity contribution in [3.63, 3.8) is 0 Å². The zero-order valence-corrected chi connectivity index (χ0v) is 12.8. The van der Waals surface area contributed by atoms with E-state index in [1.165, 1.54) is 50.9 Å². The highest BCUT2D eigenvalue weighted by Gasteiger charge is 2.38. The molecule has 3 nitrogen and oxygen atoms in total. The molecule has 0 aromatic heterocycles. The highest BCUT2D eigenvalue weighted by atomic mass is 16.5. The van der Waals surface area contributed by atoms with Crippen LogP contribution >= 0.6 is 0 Å². The number of para-hydroxylation sites is 1. The minimum absolute atomic E-state index is 0.433. The lowest BCUT2D eigenvalue weighted by Gasteiger charge is -2.43. The third-order valence-corrected chi connectivity index (χ3v) is 5.58. The molecule has 2 aliphatic heterocycles. The maximum atomic E-state index is 5.81. The molecular formula is C18H26N2O. The fraction of sp³-hybridized carbons (Fsp3) is 0.667. The van der Waals surface area contributed by atoms with Gasteiger partial charge in [0.25, 0.3) is 0 Å². The summed E-state index contributed by atoms with van der Waals surface area (Å²) < 4.78 is 5.81. The third kappa shape index (κ3) is 2.69. The summed E-state index contributed by atoms with van der Waals surface area (Å²) >= 11 is 0. The van der Waals surface area contributed by atoms with Crippen LogP contribution in [0.4, 0.5) is 0 Å². The average Bonchev–Trinajstić information content (AvgIpc) is 2.95. The molecule has 1 aromatic carbocycles. The molecule has 1 saturated carbocycles. The van der Waals surface area contributed by atoms with Crippen molar-refractivity contribution in [1.82, 2.24) is 10.2 Å². The van der Waals surface area contributed by atoms with Gasteiger partial charge in [-0.3, -0.25) is 4.90 Å². The lowest BCUT2D eigenvalue weighted by molar-refractivity contribution is 0.120. The van der Waals surface area contributed by atoms with Crippen molar-refractivity contribution in [1.29, 1.82) is 0 Å². The summed E-state index contributed by atoms with van der Waals surface area (Å²) in [6.45, 7) is 5.67. The molecule has 1 N–H and O–H groups in total. The van der Waals surface area contributed by atoms with Gasteiger partial charge in [0, 0.05) is 37.6 Å².